The topological polar surface area (TPSA) is 29.5 Å². The third-order valence-electron chi connectivity index (χ3n) is 2.86. The Morgan fingerprint density at radius 1 is 1.57 bits per heavy atom. The molecular weight excluding hydrogens is 178 g/mol. The lowest BCUT2D eigenvalue weighted by Gasteiger charge is -2.30. The van der Waals surface area contributed by atoms with Crippen LogP contribution in [0.15, 0.2) is 0 Å². The molecule has 0 spiro atoms. The van der Waals surface area contributed by atoms with Crippen LogP contribution in [-0.2, 0) is 9.53 Å². The average molecular weight is 199 g/mol. The van der Waals surface area contributed by atoms with Crippen molar-refractivity contribution in [1.82, 2.24) is 4.90 Å². The molecule has 1 unspecified atom stereocenters. The number of hydrogen-bond acceptors (Lipinski definition) is 3. The lowest BCUT2D eigenvalue weighted by molar-refractivity contribution is -0.131. The predicted molar refractivity (Wildman–Crippen MR) is 56.3 cm³/mol. The van der Waals surface area contributed by atoms with Crippen molar-refractivity contribution in [2.24, 2.45) is 5.92 Å². The van der Waals surface area contributed by atoms with E-state index in [0.29, 0.717) is 31.5 Å². The van der Waals surface area contributed by atoms with E-state index in [1.54, 1.807) is 0 Å². The molecule has 0 aromatic heterocycles. The maximum Gasteiger partial charge on any atom is 0.141 e. The Morgan fingerprint density at radius 2 is 2.29 bits per heavy atom. The highest BCUT2D eigenvalue weighted by Crippen LogP contribution is 2.12. The van der Waals surface area contributed by atoms with Gasteiger partial charge in [-0.2, -0.15) is 0 Å². The molecule has 0 saturated carbocycles. The van der Waals surface area contributed by atoms with Gasteiger partial charge in [-0.15, -0.1) is 0 Å². The number of carbonyl (C=O) groups excluding carboxylic acids is 1. The number of hydrogen-bond donors (Lipinski definition) is 0. The molecule has 1 fully saturated rings. The summed E-state index contributed by atoms with van der Waals surface area (Å²) < 4.78 is 5.33. The zero-order chi connectivity index (χ0) is 10.6. The van der Waals surface area contributed by atoms with Crippen LogP contribution in [0.3, 0.4) is 0 Å². The van der Waals surface area contributed by atoms with Crippen LogP contribution in [-0.4, -0.2) is 43.0 Å². The smallest absolute Gasteiger partial charge is 0.141 e. The normalized spacial score (nSPS) is 23.5. The van der Waals surface area contributed by atoms with E-state index < -0.39 is 0 Å². The van der Waals surface area contributed by atoms with E-state index >= 15 is 0 Å². The molecular formula is C11H21NO2. The maximum atomic E-state index is 11.6. The first-order valence-electron chi connectivity index (χ1n) is 5.49. The van der Waals surface area contributed by atoms with E-state index in [9.17, 15) is 4.79 Å². The second kappa shape index (κ2) is 5.47. The molecule has 1 atom stereocenters. The van der Waals surface area contributed by atoms with Gasteiger partial charge >= 0.3 is 0 Å². The van der Waals surface area contributed by atoms with Crippen molar-refractivity contribution in [2.45, 2.75) is 33.2 Å². The van der Waals surface area contributed by atoms with E-state index in [4.69, 9.17) is 4.74 Å². The third-order valence-corrected chi connectivity index (χ3v) is 2.86. The Morgan fingerprint density at radius 3 is 2.79 bits per heavy atom. The molecule has 3 heteroatoms. The predicted octanol–water partition coefficient (Wildman–Crippen LogP) is 1.32. The molecule has 0 aromatic rings. The SMILES string of the molecule is CCN(CC1COCCC1=O)C(C)C. The van der Waals surface area contributed by atoms with Crippen molar-refractivity contribution >= 4 is 5.78 Å². The van der Waals surface area contributed by atoms with Crippen LogP contribution in [0.2, 0.25) is 0 Å². The van der Waals surface area contributed by atoms with Gasteiger partial charge in [0.25, 0.3) is 0 Å². The van der Waals surface area contributed by atoms with E-state index in [1.165, 1.54) is 0 Å². The molecule has 0 bridgehead atoms. The molecule has 3 nitrogen and oxygen atoms in total. The Balaban J connectivity index is 2.44. The van der Waals surface area contributed by atoms with Crippen LogP contribution in [0, 0.1) is 5.92 Å². The highest BCUT2D eigenvalue weighted by molar-refractivity contribution is 5.82. The van der Waals surface area contributed by atoms with Gasteiger partial charge in [0.1, 0.15) is 5.78 Å². The number of carbonyl (C=O) groups is 1. The average Bonchev–Trinajstić information content (AvgIpc) is 2.16. The van der Waals surface area contributed by atoms with Gasteiger partial charge in [0.15, 0.2) is 0 Å². The van der Waals surface area contributed by atoms with Crippen molar-refractivity contribution < 1.29 is 9.53 Å². The summed E-state index contributed by atoms with van der Waals surface area (Å²) >= 11 is 0. The van der Waals surface area contributed by atoms with Crippen molar-refractivity contribution in [3.8, 4) is 0 Å². The summed E-state index contributed by atoms with van der Waals surface area (Å²) in [7, 11) is 0. The first-order chi connectivity index (χ1) is 6.65. The van der Waals surface area contributed by atoms with Crippen molar-refractivity contribution in [2.75, 3.05) is 26.3 Å². The van der Waals surface area contributed by atoms with Gasteiger partial charge in [0.2, 0.25) is 0 Å². The summed E-state index contributed by atoms with van der Waals surface area (Å²) in [5.41, 5.74) is 0. The first-order valence-corrected chi connectivity index (χ1v) is 5.49. The van der Waals surface area contributed by atoms with E-state index in [0.717, 1.165) is 13.1 Å². The summed E-state index contributed by atoms with van der Waals surface area (Å²) in [5, 5.41) is 0. The molecule has 1 aliphatic rings. The van der Waals surface area contributed by atoms with Crippen molar-refractivity contribution in [3.63, 3.8) is 0 Å². The Kier molecular flexibility index (Phi) is 4.55. The van der Waals surface area contributed by atoms with Gasteiger partial charge in [-0.1, -0.05) is 6.92 Å². The summed E-state index contributed by atoms with van der Waals surface area (Å²) in [6.45, 7) is 9.54. The van der Waals surface area contributed by atoms with Crippen LogP contribution < -0.4 is 0 Å². The highest BCUT2D eigenvalue weighted by Gasteiger charge is 2.25. The van der Waals surface area contributed by atoms with Crippen molar-refractivity contribution in [3.05, 3.63) is 0 Å². The van der Waals surface area contributed by atoms with E-state index in [1.807, 2.05) is 0 Å². The molecule has 0 amide bonds. The number of nitrogens with zero attached hydrogens (tertiary/aromatic N) is 1. The van der Waals surface area contributed by atoms with E-state index in [2.05, 4.69) is 25.7 Å². The molecule has 0 aromatic carbocycles. The largest absolute Gasteiger partial charge is 0.380 e. The second-order valence-corrected chi connectivity index (χ2v) is 4.17. The zero-order valence-electron chi connectivity index (χ0n) is 9.45. The fraction of sp³-hybridized carbons (Fsp3) is 0.909. The summed E-state index contributed by atoms with van der Waals surface area (Å²) in [4.78, 5) is 13.9. The first kappa shape index (κ1) is 11.7. The fourth-order valence-electron chi connectivity index (χ4n) is 1.84. The van der Waals surface area contributed by atoms with Gasteiger partial charge < -0.3 is 9.64 Å². The Labute approximate surface area is 86.4 Å². The van der Waals surface area contributed by atoms with Crippen LogP contribution in [0.25, 0.3) is 0 Å². The molecule has 1 rings (SSSR count). The summed E-state index contributed by atoms with van der Waals surface area (Å²) in [5.74, 6) is 0.474. The molecule has 1 heterocycles. The molecule has 0 radical (unpaired) electrons. The summed E-state index contributed by atoms with van der Waals surface area (Å²) in [6, 6.07) is 0.509. The number of rotatable bonds is 4. The molecule has 1 aliphatic heterocycles. The molecule has 14 heavy (non-hydrogen) atoms. The fourth-order valence-corrected chi connectivity index (χ4v) is 1.84. The molecule has 0 N–H and O–H groups in total. The summed E-state index contributed by atoms with van der Waals surface area (Å²) in [6.07, 6.45) is 0.598. The molecule has 0 aliphatic carbocycles. The third kappa shape index (κ3) is 3.07. The standard InChI is InChI=1S/C11H21NO2/c1-4-12(9(2)3)7-10-8-14-6-5-11(10)13/h9-10H,4-8H2,1-3H3. The zero-order valence-corrected chi connectivity index (χ0v) is 9.45. The Bertz CT molecular complexity index is 192. The quantitative estimate of drug-likeness (QED) is 0.684. The van der Waals surface area contributed by atoms with Crippen LogP contribution in [0.5, 0.6) is 0 Å². The minimum atomic E-state index is 0.103. The minimum Gasteiger partial charge on any atom is -0.380 e. The Hall–Kier alpha value is -0.410. The van der Waals surface area contributed by atoms with Gasteiger partial charge in [0, 0.05) is 19.0 Å². The maximum absolute atomic E-state index is 11.6. The minimum absolute atomic E-state index is 0.103. The molecule has 82 valence electrons. The van der Waals surface area contributed by atoms with Gasteiger partial charge in [-0.3, -0.25) is 4.79 Å². The lowest BCUT2D eigenvalue weighted by Crippen LogP contribution is -2.41. The van der Waals surface area contributed by atoms with Crippen molar-refractivity contribution in [1.29, 1.82) is 0 Å². The lowest BCUT2D eigenvalue weighted by atomic mass is 9.99. The second-order valence-electron chi connectivity index (χ2n) is 4.17. The van der Waals surface area contributed by atoms with Crippen LogP contribution >= 0.6 is 0 Å². The number of ketones is 1. The number of ether oxygens (including phenoxy) is 1. The molecule has 1 saturated heterocycles. The number of Topliss-reactive ketones (excluding diaryl/α,β-unsaturated/α-hetero) is 1. The van der Waals surface area contributed by atoms with Gasteiger partial charge in [-0.25, -0.2) is 0 Å². The van der Waals surface area contributed by atoms with E-state index in [-0.39, 0.29) is 5.92 Å². The van der Waals surface area contributed by atoms with Gasteiger partial charge in [0.05, 0.1) is 19.1 Å². The highest BCUT2D eigenvalue weighted by atomic mass is 16.5. The van der Waals surface area contributed by atoms with Gasteiger partial charge in [-0.05, 0) is 20.4 Å². The van der Waals surface area contributed by atoms with Crippen LogP contribution in [0.4, 0.5) is 0 Å². The monoisotopic (exact) mass is 199 g/mol. The van der Waals surface area contributed by atoms with Crippen LogP contribution in [0.1, 0.15) is 27.2 Å².